The summed E-state index contributed by atoms with van der Waals surface area (Å²) < 4.78 is 17.3. The van der Waals surface area contributed by atoms with E-state index in [9.17, 15) is 24.6 Å². The number of aliphatic hydroxyl groups is 2. The van der Waals surface area contributed by atoms with Crippen molar-refractivity contribution in [3.63, 3.8) is 0 Å². The molecule has 0 spiro atoms. The lowest BCUT2D eigenvalue weighted by molar-refractivity contribution is -0.138. The molecule has 240 valence electrons. The van der Waals surface area contributed by atoms with Crippen molar-refractivity contribution in [3.05, 3.63) is 64.7 Å². The molecule has 0 saturated heterocycles. The molecule has 2 saturated carbocycles. The minimum absolute atomic E-state index is 0.0366. The van der Waals surface area contributed by atoms with Gasteiger partial charge in [-0.3, -0.25) is 14.4 Å². The van der Waals surface area contributed by atoms with Gasteiger partial charge < -0.3 is 34.6 Å². The van der Waals surface area contributed by atoms with Crippen LogP contribution in [0, 0.1) is 17.8 Å². The van der Waals surface area contributed by atoms with Crippen molar-refractivity contribution in [1.82, 2.24) is 10.2 Å². The molecule has 2 aromatic carbocycles. The lowest BCUT2D eigenvalue weighted by atomic mass is 9.77. The maximum absolute atomic E-state index is 14.2. The van der Waals surface area contributed by atoms with Crippen LogP contribution in [0.5, 0.6) is 17.2 Å². The number of nitrogens with one attached hydrogen (secondary N) is 1. The van der Waals surface area contributed by atoms with E-state index in [-0.39, 0.29) is 19.1 Å². The highest BCUT2D eigenvalue weighted by molar-refractivity contribution is 5.96. The van der Waals surface area contributed by atoms with E-state index in [0.29, 0.717) is 71.6 Å². The second-order valence-corrected chi connectivity index (χ2v) is 12.7. The molecule has 10 heteroatoms. The first-order valence-electron chi connectivity index (χ1n) is 15.9. The van der Waals surface area contributed by atoms with Crippen LogP contribution in [0.25, 0.3) is 0 Å². The van der Waals surface area contributed by atoms with E-state index in [1.165, 1.54) is 20.0 Å². The Kier molecular flexibility index (Phi) is 9.14. The molecule has 45 heavy (non-hydrogen) atoms. The lowest BCUT2D eigenvalue weighted by Gasteiger charge is -2.41. The van der Waals surface area contributed by atoms with Crippen LogP contribution in [-0.4, -0.2) is 85.4 Å². The molecule has 6 rings (SSSR count). The highest BCUT2D eigenvalue weighted by Crippen LogP contribution is 2.52. The zero-order valence-electron chi connectivity index (χ0n) is 25.8. The van der Waals surface area contributed by atoms with Gasteiger partial charge in [-0.2, -0.15) is 0 Å². The summed E-state index contributed by atoms with van der Waals surface area (Å²) in [5.74, 6) is 1.77. The molecule has 3 N–H and O–H groups in total. The molecule has 0 aromatic heterocycles. The van der Waals surface area contributed by atoms with Crippen molar-refractivity contribution >= 4 is 18.1 Å². The number of nitrogens with zero attached hydrogens (tertiary/aromatic N) is 1. The molecular formula is C35H42N2O8. The summed E-state index contributed by atoms with van der Waals surface area (Å²) in [5.41, 5.74) is 2.20. The van der Waals surface area contributed by atoms with Crippen LogP contribution in [-0.2, 0) is 16.0 Å². The second-order valence-electron chi connectivity index (χ2n) is 12.7. The number of carbonyl (C=O) groups excluding carboxylic acids is 3. The standard InChI is InChI=1S/C35H42N2O8/c1-43-25-5-3-4-20(14-25)8-10-37(30(40)17-24-13-21-6-7-23(24)12-21)28-18-27(35(42)36-9-11-38)31-26-15-22(19-39)16-29(44-2)33(26)45-34(31)32(28)41/h3-5,14-16,18-19,21,23-24,28,31-32,34,38,41H,6-13,17H2,1-2H3,(H,36,42). The highest BCUT2D eigenvalue weighted by Gasteiger charge is 2.52. The molecular weight excluding hydrogens is 576 g/mol. The number of fused-ring (bicyclic) bond motifs is 5. The molecule has 1 aliphatic heterocycles. The predicted molar refractivity (Wildman–Crippen MR) is 165 cm³/mol. The Hall–Kier alpha value is -3.89. The Balaban J connectivity index is 1.37. The van der Waals surface area contributed by atoms with E-state index >= 15 is 0 Å². The van der Waals surface area contributed by atoms with Gasteiger partial charge in [-0.1, -0.05) is 18.6 Å². The first kappa shape index (κ1) is 31.1. The van der Waals surface area contributed by atoms with Crippen molar-refractivity contribution in [2.24, 2.45) is 17.8 Å². The van der Waals surface area contributed by atoms with Gasteiger partial charge in [0.1, 0.15) is 24.2 Å². The lowest BCUT2D eigenvalue weighted by Crippen LogP contribution is -2.56. The van der Waals surface area contributed by atoms with E-state index in [1.807, 2.05) is 24.3 Å². The number of rotatable bonds is 12. The molecule has 2 aromatic rings. The van der Waals surface area contributed by atoms with Gasteiger partial charge in [-0.25, -0.2) is 0 Å². The smallest absolute Gasteiger partial charge is 0.247 e. The molecule has 1 heterocycles. The van der Waals surface area contributed by atoms with Crippen molar-refractivity contribution in [2.75, 3.05) is 33.9 Å². The average molecular weight is 619 g/mol. The number of methoxy groups -OCH3 is 2. The third-order valence-electron chi connectivity index (χ3n) is 10.2. The van der Waals surface area contributed by atoms with Crippen LogP contribution in [0.4, 0.5) is 0 Å². The monoisotopic (exact) mass is 618 g/mol. The number of amides is 2. The van der Waals surface area contributed by atoms with E-state index in [1.54, 1.807) is 30.2 Å². The Morgan fingerprint density at radius 2 is 1.98 bits per heavy atom. The first-order chi connectivity index (χ1) is 21.8. The van der Waals surface area contributed by atoms with Crippen LogP contribution in [0.2, 0.25) is 0 Å². The largest absolute Gasteiger partial charge is 0.497 e. The summed E-state index contributed by atoms with van der Waals surface area (Å²) in [6.07, 6.45) is 5.86. The molecule has 2 amide bonds. The third kappa shape index (κ3) is 6.05. The predicted octanol–water partition coefficient (Wildman–Crippen LogP) is 3.04. The van der Waals surface area contributed by atoms with Gasteiger partial charge in [0.2, 0.25) is 11.8 Å². The summed E-state index contributed by atoms with van der Waals surface area (Å²) in [5, 5.41) is 24.1. The topological polar surface area (TPSA) is 135 Å². The quantitative estimate of drug-likeness (QED) is 0.309. The number of hydrogen-bond acceptors (Lipinski definition) is 8. The Bertz CT molecular complexity index is 1470. The number of aliphatic hydroxyl groups excluding tert-OH is 2. The maximum atomic E-state index is 14.2. The van der Waals surface area contributed by atoms with Crippen molar-refractivity contribution in [3.8, 4) is 17.2 Å². The number of aldehydes is 1. The average Bonchev–Trinajstić information content (AvgIpc) is 3.79. The normalized spacial score (nSPS) is 27.6. The van der Waals surface area contributed by atoms with Gasteiger partial charge in [0.25, 0.3) is 0 Å². The van der Waals surface area contributed by atoms with E-state index in [0.717, 1.165) is 24.2 Å². The van der Waals surface area contributed by atoms with Gasteiger partial charge in [0.05, 0.1) is 32.8 Å². The fourth-order valence-electron chi connectivity index (χ4n) is 8.04. The summed E-state index contributed by atoms with van der Waals surface area (Å²) in [6.45, 7) is 0.110. The van der Waals surface area contributed by atoms with Crippen LogP contribution in [0.15, 0.2) is 48.0 Å². The van der Waals surface area contributed by atoms with Crippen molar-refractivity contribution in [1.29, 1.82) is 0 Å². The van der Waals surface area contributed by atoms with E-state index in [4.69, 9.17) is 14.2 Å². The molecule has 7 atom stereocenters. The summed E-state index contributed by atoms with van der Waals surface area (Å²) in [7, 11) is 3.08. The van der Waals surface area contributed by atoms with E-state index in [2.05, 4.69) is 5.32 Å². The second kappa shape index (κ2) is 13.2. The molecule has 3 aliphatic carbocycles. The Morgan fingerprint density at radius 3 is 2.67 bits per heavy atom. The van der Waals surface area contributed by atoms with Crippen LogP contribution < -0.4 is 19.5 Å². The van der Waals surface area contributed by atoms with Gasteiger partial charge in [0, 0.05) is 36.2 Å². The van der Waals surface area contributed by atoms with Crippen molar-refractivity contribution in [2.45, 2.75) is 62.7 Å². The molecule has 0 radical (unpaired) electrons. The zero-order chi connectivity index (χ0) is 31.7. The summed E-state index contributed by atoms with van der Waals surface area (Å²) in [4.78, 5) is 41.4. The number of hydrogen-bond donors (Lipinski definition) is 3. The van der Waals surface area contributed by atoms with Gasteiger partial charge in [-0.15, -0.1) is 0 Å². The molecule has 7 unspecified atom stereocenters. The fourth-order valence-corrected chi connectivity index (χ4v) is 8.04. The SMILES string of the molecule is COc1cccc(CCN(C(=O)CC2CC3CCC2C3)C2C=C(C(=O)NCCO)C3c4cc(C=O)cc(OC)c4OC3C2O)c1. The number of ether oxygens (including phenoxy) is 3. The molecule has 10 nitrogen and oxygen atoms in total. The zero-order valence-corrected chi connectivity index (χ0v) is 25.8. The van der Waals surface area contributed by atoms with Crippen molar-refractivity contribution < 1.29 is 38.8 Å². The van der Waals surface area contributed by atoms with Gasteiger partial charge >= 0.3 is 0 Å². The number of carbonyl (C=O) groups is 3. The number of benzene rings is 2. The third-order valence-corrected chi connectivity index (χ3v) is 10.2. The maximum Gasteiger partial charge on any atom is 0.247 e. The summed E-state index contributed by atoms with van der Waals surface area (Å²) in [6, 6.07) is 10.0. The Labute approximate surface area is 263 Å². The van der Waals surface area contributed by atoms with Crippen LogP contribution in [0.1, 0.15) is 59.5 Å². The van der Waals surface area contributed by atoms with Gasteiger partial charge in [0.15, 0.2) is 11.5 Å². The Morgan fingerprint density at radius 1 is 1.13 bits per heavy atom. The first-order valence-corrected chi connectivity index (χ1v) is 15.9. The summed E-state index contributed by atoms with van der Waals surface area (Å²) >= 11 is 0. The van der Waals surface area contributed by atoms with E-state index < -0.39 is 30.1 Å². The molecule has 2 bridgehead atoms. The molecule has 4 aliphatic rings. The minimum atomic E-state index is -1.17. The minimum Gasteiger partial charge on any atom is -0.497 e. The fraction of sp³-hybridized carbons (Fsp3) is 0.514. The molecule has 2 fully saturated rings. The van der Waals surface area contributed by atoms with Crippen LogP contribution >= 0.6 is 0 Å². The highest BCUT2D eigenvalue weighted by atomic mass is 16.5. The van der Waals surface area contributed by atoms with Gasteiger partial charge in [-0.05, 0) is 79.3 Å². The van der Waals surface area contributed by atoms with Crippen LogP contribution in [0.3, 0.4) is 0 Å².